The van der Waals surface area contributed by atoms with Crippen molar-refractivity contribution in [1.29, 1.82) is 0 Å². The van der Waals surface area contributed by atoms with E-state index >= 15 is 0 Å². The molecular formula is C25H42O5. The zero-order valence-corrected chi connectivity index (χ0v) is 20.0. The SMILES string of the molecule is CC(C)(C)OC(O)OC12CC3CC4(C)CC(OC(O)C5CCC5C(C)(C)C)(C1)CC342. The Morgan fingerprint density at radius 1 is 0.900 bits per heavy atom. The molecule has 172 valence electrons. The standard InChI is InChI=1S/C25H42O5/c1-20(2,3)17-9-8-16(17)18(26)28-23-12-22(7)10-15-11-24(13-23,25(15,22)14-23)30-19(27)29-21(4,5)6/h15-19,26-27H,8-14H2,1-7H3. The highest BCUT2D eigenvalue weighted by molar-refractivity contribution is 5.39. The van der Waals surface area contributed by atoms with Crippen LogP contribution in [0.25, 0.3) is 0 Å². The zero-order valence-electron chi connectivity index (χ0n) is 20.0. The van der Waals surface area contributed by atoms with E-state index in [-0.39, 0.29) is 33.4 Å². The van der Waals surface area contributed by atoms with Crippen LogP contribution in [0, 0.1) is 34.0 Å². The molecule has 5 nitrogen and oxygen atoms in total. The molecular weight excluding hydrogens is 380 g/mol. The van der Waals surface area contributed by atoms with E-state index in [4.69, 9.17) is 14.2 Å². The van der Waals surface area contributed by atoms with Crippen LogP contribution in [0.2, 0.25) is 0 Å². The van der Waals surface area contributed by atoms with Gasteiger partial charge in [-0.05, 0) is 82.0 Å². The van der Waals surface area contributed by atoms with Gasteiger partial charge in [0.25, 0.3) is 6.48 Å². The van der Waals surface area contributed by atoms with Gasteiger partial charge in [0.05, 0.1) is 16.8 Å². The first-order valence-electron chi connectivity index (χ1n) is 12.0. The van der Waals surface area contributed by atoms with Crippen LogP contribution in [0.3, 0.4) is 0 Å². The maximum absolute atomic E-state index is 11.1. The molecule has 5 saturated carbocycles. The van der Waals surface area contributed by atoms with Gasteiger partial charge in [0.2, 0.25) is 0 Å². The summed E-state index contributed by atoms with van der Waals surface area (Å²) in [5.74, 6) is 1.39. The fourth-order valence-electron chi connectivity index (χ4n) is 8.91. The normalized spacial score (nSPS) is 50.9. The number of aliphatic hydroxyl groups excluding tert-OH is 2. The van der Waals surface area contributed by atoms with E-state index in [0.29, 0.717) is 11.8 Å². The second-order valence-electron chi connectivity index (χ2n) is 13.7. The minimum atomic E-state index is -1.22. The van der Waals surface area contributed by atoms with Gasteiger partial charge < -0.3 is 24.4 Å². The lowest BCUT2D eigenvalue weighted by molar-refractivity contribution is -0.422. The van der Waals surface area contributed by atoms with E-state index in [1.807, 2.05) is 20.8 Å². The summed E-state index contributed by atoms with van der Waals surface area (Å²) in [6.45, 7) is 13.7. The molecule has 0 aliphatic heterocycles. The molecule has 5 aliphatic rings. The quantitative estimate of drug-likeness (QED) is 0.613. The molecule has 0 aromatic rings. The lowest BCUT2D eigenvalue weighted by atomic mass is 9.30. The van der Waals surface area contributed by atoms with Gasteiger partial charge in [-0.2, -0.15) is 0 Å². The first kappa shape index (κ1) is 21.6. The molecule has 9 atom stereocenters. The lowest BCUT2D eigenvalue weighted by Crippen LogP contribution is -2.77. The second kappa shape index (κ2) is 6.02. The van der Waals surface area contributed by atoms with Crippen LogP contribution in [0.5, 0.6) is 0 Å². The molecule has 0 radical (unpaired) electrons. The average Bonchev–Trinajstić information content (AvgIpc) is 2.82. The van der Waals surface area contributed by atoms with E-state index in [0.717, 1.165) is 32.1 Å². The van der Waals surface area contributed by atoms with Crippen LogP contribution in [0.4, 0.5) is 0 Å². The average molecular weight is 423 g/mol. The Hall–Kier alpha value is -0.200. The molecule has 0 saturated heterocycles. The zero-order chi connectivity index (χ0) is 22.0. The molecule has 0 amide bonds. The summed E-state index contributed by atoms with van der Waals surface area (Å²) in [4.78, 5) is 0. The molecule has 5 heteroatoms. The monoisotopic (exact) mass is 422 g/mol. The summed E-state index contributed by atoms with van der Waals surface area (Å²) in [5.41, 5.74) is -0.727. The van der Waals surface area contributed by atoms with E-state index in [9.17, 15) is 10.2 Å². The number of ether oxygens (including phenoxy) is 3. The molecule has 5 rings (SSSR count). The maximum Gasteiger partial charge on any atom is 0.270 e. The summed E-state index contributed by atoms with van der Waals surface area (Å²) >= 11 is 0. The fraction of sp³-hybridized carbons (Fsp3) is 1.00. The molecule has 5 fully saturated rings. The molecule has 2 N–H and O–H groups in total. The molecule has 0 heterocycles. The number of hydrogen-bond acceptors (Lipinski definition) is 5. The molecule has 1 spiro atoms. The molecule has 0 aromatic carbocycles. The van der Waals surface area contributed by atoms with Gasteiger partial charge in [-0.3, -0.25) is 0 Å². The summed E-state index contributed by atoms with van der Waals surface area (Å²) in [6.07, 6.45) is 6.42. The Bertz CT molecular complexity index is 724. The Morgan fingerprint density at radius 3 is 2.13 bits per heavy atom. The smallest absolute Gasteiger partial charge is 0.270 e. The van der Waals surface area contributed by atoms with Crippen molar-refractivity contribution in [3.63, 3.8) is 0 Å². The van der Waals surface area contributed by atoms with E-state index in [1.165, 1.54) is 12.8 Å². The fourth-order valence-corrected chi connectivity index (χ4v) is 8.91. The molecule has 0 aromatic heterocycles. The van der Waals surface area contributed by atoms with Crippen molar-refractivity contribution in [3.05, 3.63) is 0 Å². The van der Waals surface area contributed by atoms with Gasteiger partial charge in [-0.15, -0.1) is 0 Å². The van der Waals surface area contributed by atoms with Crippen LogP contribution in [-0.4, -0.2) is 39.8 Å². The lowest BCUT2D eigenvalue weighted by Gasteiger charge is -2.76. The summed E-state index contributed by atoms with van der Waals surface area (Å²) in [5, 5.41) is 21.7. The molecule has 9 unspecified atom stereocenters. The molecule has 2 bridgehead atoms. The van der Waals surface area contributed by atoms with Crippen molar-refractivity contribution in [2.24, 2.45) is 34.0 Å². The van der Waals surface area contributed by atoms with Crippen molar-refractivity contribution in [1.82, 2.24) is 0 Å². The van der Waals surface area contributed by atoms with Crippen molar-refractivity contribution in [2.45, 2.75) is 123 Å². The number of aliphatic hydroxyl groups is 2. The van der Waals surface area contributed by atoms with Gasteiger partial charge in [0.1, 0.15) is 0 Å². The van der Waals surface area contributed by atoms with Crippen LogP contribution in [0.15, 0.2) is 0 Å². The highest BCUT2D eigenvalue weighted by Crippen LogP contribution is 2.90. The third kappa shape index (κ3) is 2.71. The van der Waals surface area contributed by atoms with Gasteiger partial charge in [-0.25, -0.2) is 0 Å². The molecule has 5 aliphatic carbocycles. The van der Waals surface area contributed by atoms with Crippen LogP contribution in [-0.2, 0) is 14.2 Å². The largest absolute Gasteiger partial charge is 0.368 e. The second-order valence-corrected chi connectivity index (χ2v) is 13.7. The minimum Gasteiger partial charge on any atom is -0.368 e. The Balaban J connectivity index is 1.34. The van der Waals surface area contributed by atoms with Crippen molar-refractivity contribution >= 4 is 0 Å². The van der Waals surface area contributed by atoms with Crippen LogP contribution in [0.1, 0.15) is 93.4 Å². The number of fused-ring (bicyclic) bond motifs is 1. The van der Waals surface area contributed by atoms with Gasteiger partial charge in [0.15, 0.2) is 6.29 Å². The van der Waals surface area contributed by atoms with Crippen molar-refractivity contribution < 1.29 is 24.4 Å². The maximum atomic E-state index is 11.1. The predicted molar refractivity (Wildman–Crippen MR) is 113 cm³/mol. The summed E-state index contributed by atoms with van der Waals surface area (Å²) < 4.78 is 18.6. The summed E-state index contributed by atoms with van der Waals surface area (Å²) in [6, 6.07) is 0. The van der Waals surface area contributed by atoms with Gasteiger partial charge in [-0.1, -0.05) is 27.7 Å². The van der Waals surface area contributed by atoms with Gasteiger partial charge >= 0.3 is 0 Å². The van der Waals surface area contributed by atoms with Crippen molar-refractivity contribution in [3.8, 4) is 0 Å². The highest BCUT2D eigenvalue weighted by Gasteiger charge is 2.90. The number of rotatable bonds is 6. The Morgan fingerprint density at radius 2 is 1.60 bits per heavy atom. The Labute approximate surface area is 181 Å². The van der Waals surface area contributed by atoms with Crippen LogP contribution >= 0.6 is 0 Å². The molecule has 30 heavy (non-hydrogen) atoms. The van der Waals surface area contributed by atoms with E-state index < -0.39 is 18.4 Å². The predicted octanol–water partition coefficient (Wildman–Crippen LogP) is 4.59. The van der Waals surface area contributed by atoms with E-state index in [1.54, 1.807) is 0 Å². The first-order chi connectivity index (χ1) is 13.6. The first-order valence-corrected chi connectivity index (χ1v) is 12.0. The summed E-state index contributed by atoms with van der Waals surface area (Å²) in [7, 11) is 0. The van der Waals surface area contributed by atoms with Crippen LogP contribution < -0.4 is 0 Å². The third-order valence-corrected chi connectivity index (χ3v) is 9.74. The van der Waals surface area contributed by atoms with Crippen molar-refractivity contribution in [2.75, 3.05) is 0 Å². The Kier molecular flexibility index (Phi) is 4.34. The van der Waals surface area contributed by atoms with Gasteiger partial charge in [0, 0.05) is 17.8 Å². The van der Waals surface area contributed by atoms with E-state index in [2.05, 4.69) is 27.7 Å². The minimum absolute atomic E-state index is 0.0744. The number of hydrogen-bond donors (Lipinski definition) is 2. The topological polar surface area (TPSA) is 68.2 Å². The highest BCUT2D eigenvalue weighted by atomic mass is 16.8. The third-order valence-electron chi connectivity index (χ3n) is 9.74.